The fourth-order valence-electron chi connectivity index (χ4n) is 1.74. The molecule has 3 nitrogen and oxygen atoms in total. The van der Waals surface area contributed by atoms with E-state index in [4.69, 9.17) is 0 Å². The Bertz CT molecular complexity index is 908. The van der Waals surface area contributed by atoms with E-state index < -0.39 is 61.6 Å². The van der Waals surface area contributed by atoms with Crippen LogP contribution in [0, 0.1) is 29.1 Å². The van der Waals surface area contributed by atoms with Crippen molar-refractivity contribution in [3.8, 4) is 5.75 Å². The van der Waals surface area contributed by atoms with Crippen LogP contribution < -0.4 is 4.18 Å². The predicted octanol–water partition coefficient (Wildman–Crippen LogP) is 4.17. The standard InChI is InChI=1S/C13H4F8O3S/c14-7-8(15)10(17)12(11(18)9(7)16)25(22,23)24-6-4-2-1-3-5(6)13(19,20)21/h1-4H. The van der Waals surface area contributed by atoms with Gasteiger partial charge in [-0.05, 0) is 12.1 Å². The van der Waals surface area contributed by atoms with Crippen molar-refractivity contribution in [1.82, 2.24) is 0 Å². The highest BCUT2D eigenvalue weighted by Gasteiger charge is 2.38. The minimum atomic E-state index is -5.82. The Hall–Kier alpha value is -2.37. The number of para-hydroxylation sites is 1. The molecule has 0 amide bonds. The SMILES string of the molecule is O=S(=O)(Oc1ccccc1C(F)(F)F)c1c(F)c(F)c(F)c(F)c1F. The van der Waals surface area contributed by atoms with Gasteiger partial charge in [0.1, 0.15) is 0 Å². The van der Waals surface area contributed by atoms with Gasteiger partial charge in [0.25, 0.3) is 0 Å². The predicted molar refractivity (Wildman–Crippen MR) is 65.5 cm³/mol. The van der Waals surface area contributed by atoms with Crippen molar-refractivity contribution in [2.45, 2.75) is 11.1 Å². The molecule has 2 aromatic carbocycles. The van der Waals surface area contributed by atoms with Crippen LogP contribution in [0.3, 0.4) is 0 Å². The van der Waals surface area contributed by atoms with Gasteiger partial charge in [-0.1, -0.05) is 12.1 Å². The second kappa shape index (κ2) is 6.17. The molecule has 2 rings (SSSR count). The largest absolute Gasteiger partial charge is 0.420 e. The summed E-state index contributed by atoms with van der Waals surface area (Å²) >= 11 is 0. The minimum Gasteiger partial charge on any atom is -0.378 e. The molecule has 0 aliphatic rings. The minimum absolute atomic E-state index is 0.392. The van der Waals surface area contributed by atoms with Gasteiger partial charge in [-0.15, -0.1) is 0 Å². The summed E-state index contributed by atoms with van der Waals surface area (Å²) < 4.78 is 132. The van der Waals surface area contributed by atoms with E-state index in [-0.39, 0.29) is 0 Å². The number of hydrogen-bond acceptors (Lipinski definition) is 3. The first-order chi connectivity index (χ1) is 11.4. The van der Waals surface area contributed by atoms with Crippen LogP contribution >= 0.6 is 0 Å². The van der Waals surface area contributed by atoms with Gasteiger partial charge >= 0.3 is 16.3 Å². The Kier molecular flexibility index (Phi) is 4.68. The Morgan fingerprint density at radius 3 is 1.68 bits per heavy atom. The van der Waals surface area contributed by atoms with E-state index in [9.17, 15) is 43.5 Å². The second-order valence-corrected chi connectivity index (χ2v) is 5.91. The van der Waals surface area contributed by atoms with Crippen LogP contribution in [0.1, 0.15) is 5.56 Å². The van der Waals surface area contributed by atoms with Gasteiger partial charge in [0.05, 0.1) is 5.56 Å². The summed E-state index contributed by atoms with van der Waals surface area (Å²) in [5.74, 6) is -14.7. The van der Waals surface area contributed by atoms with E-state index in [0.717, 1.165) is 12.1 Å². The van der Waals surface area contributed by atoms with Gasteiger partial charge in [-0.25, -0.2) is 22.0 Å². The average Bonchev–Trinajstić information content (AvgIpc) is 2.50. The van der Waals surface area contributed by atoms with Crippen molar-refractivity contribution in [3.05, 3.63) is 58.9 Å². The summed E-state index contributed by atoms with van der Waals surface area (Å²) in [5.41, 5.74) is -1.64. The molecule has 0 N–H and O–H groups in total. The molecule has 0 fully saturated rings. The molecule has 0 aromatic heterocycles. The van der Waals surface area contributed by atoms with E-state index >= 15 is 0 Å². The normalized spacial score (nSPS) is 12.3. The molecule has 2 aromatic rings. The third-order valence-corrected chi connectivity index (χ3v) is 4.07. The second-order valence-electron chi connectivity index (χ2n) is 4.43. The molecule has 0 radical (unpaired) electrons. The van der Waals surface area contributed by atoms with Crippen molar-refractivity contribution in [1.29, 1.82) is 0 Å². The molecule has 0 atom stereocenters. The van der Waals surface area contributed by atoms with Gasteiger partial charge < -0.3 is 4.18 Å². The molecule has 0 unspecified atom stereocenters. The summed E-state index contributed by atoms with van der Waals surface area (Å²) in [4.78, 5) is -2.40. The number of alkyl halides is 3. The highest BCUT2D eigenvalue weighted by Crippen LogP contribution is 2.38. The van der Waals surface area contributed by atoms with Gasteiger partial charge in [-0.2, -0.15) is 21.6 Å². The average molecular weight is 392 g/mol. The first kappa shape index (κ1) is 19.0. The summed E-state index contributed by atoms with van der Waals surface area (Å²) in [6.07, 6.45) is -5.11. The lowest BCUT2D eigenvalue weighted by Crippen LogP contribution is -2.19. The van der Waals surface area contributed by atoms with Crippen LogP contribution in [-0.4, -0.2) is 8.42 Å². The Balaban J connectivity index is 2.65. The fourth-order valence-corrected chi connectivity index (χ4v) is 2.82. The van der Waals surface area contributed by atoms with Crippen molar-refractivity contribution >= 4 is 10.1 Å². The molecule has 0 saturated heterocycles. The molecular formula is C13H4F8O3S. The quantitative estimate of drug-likeness (QED) is 0.341. The summed E-state index contributed by atoms with van der Waals surface area (Å²) in [6.45, 7) is 0. The van der Waals surface area contributed by atoms with E-state index in [1.807, 2.05) is 0 Å². The number of hydrogen-bond donors (Lipinski definition) is 0. The van der Waals surface area contributed by atoms with Gasteiger partial charge in [0.2, 0.25) is 5.82 Å². The van der Waals surface area contributed by atoms with Gasteiger partial charge in [0.15, 0.2) is 33.9 Å². The zero-order chi connectivity index (χ0) is 19.2. The molecule has 12 heteroatoms. The van der Waals surface area contributed by atoms with E-state index in [1.165, 1.54) is 0 Å². The zero-order valence-electron chi connectivity index (χ0n) is 11.5. The van der Waals surface area contributed by atoms with Crippen LogP contribution in [0.5, 0.6) is 5.75 Å². The van der Waals surface area contributed by atoms with Crippen LogP contribution in [-0.2, 0) is 16.3 Å². The van der Waals surface area contributed by atoms with Crippen LogP contribution in [0.25, 0.3) is 0 Å². The zero-order valence-corrected chi connectivity index (χ0v) is 12.3. The Morgan fingerprint density at radius 1 is 0.760 bits per heavy atom. The number of rotatable bonds is 3. The highest BCUT2D eigenvalue weighted by molar-refractivity contribution is 7.87. The molecule has 0 saturated carbocycles. The molecule has 136 valence electrons. The molecule has 0 heterocycles. The van der Waals surface area contributed by atoms with E-state index in [0.29, 0.717) is 12.1 Å². The molecule has 0 aliphatic carbocycles. The third-order valence-electron chi connectivity index (χ3n) is 2.81. The Labute approximate surface area is 134 Å². The monoisotopic (exact) mass is 392 g/mol. The fraction of sp³-hybridized carbons (Fsp3) is 0.0769. The maximum absolute atomic E-state index is 13.5. The lowest BCUT2D eigenvalue weighted by molar-refractivity contribution is -0.138. The van der Waals surface area contributed by atoms with Crippen molar-refractivity contribution < 1.29 is 47.7 Å². The van der Waals surface area contributed by atoms with Gasteiger partial charge in [0, 0.05) is 0 Å². The molecule has 0 bridgehead atoms. The maximum atomic E-state index is 13.5. The first-order valence-corrected chi connectivity index (χ1v) is 7.41. The van der Waals surface area contributed by atoms with Crippen molar-refractivity contribution in [2.75, 3.05) is 0 Å². The Morgan fingerprint density at radius 2 is 1.20 bits per heavy atom. The lowest BCUT2D eigenvalue weighted by Gasteiger charge is -2.14. The van der Waals surface area contributed by atoms with Crippen LogP contribution in [0.4, 0.5) is 35.1 Å². The van der Waals surface area contributed by atoms with Crippen molar-refractivity contribution in [3.63, 3.8) is 0 Å². The number of benzene rings is 2. The van der Waals surface area contributed by atoms with Crippen LogP contribution in [0.2, 0.25) is 0 Å². The molecular weight excluding hydrogens is 388 g/mol. The van der Waals surface area contributed by atoms with Crippen molar-refractivity contribution in [2.24, 2.45) is 0 Å². The smallest absolute Gasteiger partial charge is 0.378 e. The summed E-state index contributed by atoms with van der Waals surface area (Å²) in [5, 5.41) is 0. The third kappa shape index (κ3) is 3.38. The molecule has 0 aliphatic heterocycles. The molecule has 25 heavy (non-hydrogen) atoms. The topological polar surface area (TPSA) is 43.4 Å². The summed E-state index contributed by atoms with van der Waals surface area (Å²) in [7, 11) is -5.82. The molecule has 0 spiro atoms. The lowest BCUT2D eigenvalue weighted by atomic mass is 10.2. The van der Waals surface area contributed by atoms with E-state index in [2.05, 4.69) is 4.18 Å². The summed E-state index contributed by atoms with van der Waals surface area (Å²) in [6, 6.07) is 2.65. The first-order valence-electron chi connectivity index (χ1n) is 6.00. The number of halogens is 8. The highest BCUT2D eigenvalue weighted by atomic mass is 32.2. The van der Waals surface area contributed by atoms with Crippen LogP contribution in [0.15, 0.2) is 29.2 Å². The van der Waals surface area contributed by atoms with E-state index in [1.54, 1.807) is 0 Å². The van der Waals surface area contributed by atoms with Gasteiger partial charge in [-0.3, -0.25) is 0 Å². The maximum Gasteiger partial charge on any atom is 0.420 e.